The van der Waals surface area contributed by atoms with Crippen LogP contribution in [0.1, 0.15) is 97.3 Å². The first-order chi connectivity index (χ1) is 10.6. The van der Waals surface area contributed by atoms with Crippen LogP contribution in [0.2, 0.25) is 0 Å². The Morgan fingerprint density at radius 2 is 1.73 bits per heavy atom. The Balaban J connectivity index is 2.32. The van der Waals surface area contributed by atoms with E-state index in [1.807, 2.05) is 0 Å². The number of hydrogen-bond donors (Lipinski definition) is 0. The molecule has 0 aromatic rings. The molecule has 4 nitrogen and oxygen atoms in total. The third kappa shape index (κ3) is 7.81. The summed E-state index contributed by atoms with van der Waals surface area (Å²) in [6.07, 6.45) is 13.1. The van der Waals surface area contributed by atoms with Crippen molar-refractivity contribution in [2.75, 3.05) is 0 Å². The molecule has 1 fully saturated rings. The average Bonchev–Trinajstić information content (AvgIpc) is 2.63. The van der Waals surface area contributed by atoms with Crippen molar-refractivity contribution in [3.63, 3.8) is 0 Å². The fraction of sp³-hybridized carbons (Fsp3) is 0.889. The molecule has 1 atom stereocenters. The number of rotatable bonds is 10. The van der Waals surface area contributed by atoms with Crippen molar-refractivity contribution in [3.8, 4) is 0 Å². The highest BCUT2D eigenvalue weighted by molar-refractivity contribution is 5.71. The zero-order valence-corrected chi connectivity index (χ0v) is 14.3. The van der Waals surface area contributed by atoms with E-state index >= 15 is 0 Å². The first-order valence-electron chi connectivity index (χ1n) is 8.99. The van der Waals surface area contributed by atoms with Gasteiger partial charge in [0.2, 0.25) is 0 Å². The molecule has 0 N–H and O–H groups in total. The summed E-state index contributed by atoms with van der Waals surface area (Å²) in [5.74, 6) is -1.60. The lowest BCUT2D eigenvalue weighted by atomic mass is 10.00. The largest absolute Gasteiger partial charge is 0.423 e. The van der Waals surface area contributed by atoms with Crippen molar-refractivity contribution in [1.82, 2.24) is 0 Å². The lowest BCUT2D eigenvalue weighted by molar-refractivity contribution is -0.230. The molecule has 22 heavy (non-hydrogen) atoms. The van der Waals surface area contributed by atoms with Crippen molar-refractivity contribution in [2.24, 2.45) is 0 Å². The van der Waals surface area contributed by atoms with E-state index in [-0.39, 0.29) is 11.9 Å². The van der Waals surface area contributed by atoms with Crippen molar-refractivity contribution in [3.05, 3.63) is 0 Å². The summed E-state index contributed by atoms with van der Waals surface area (Å²) in [6, 6.07) is 0. The molecule has 1 aliphatic rings. The zero-order chi connectivity index (χ0) is 16.3. The Bertz CT molecular complexity index is 340. The van der Waals surface area contributed by atoms with E-state index in [9.17, 15) is 9.59 Å². The van der Waals surface area contributed by atoms with Crippen LogP contribution >= 0.6 is 0 Å². The average molecular weight is 312 g/mol. The second kappa shape index (κ2) is 10.6. The molecular weight excluding hydrogens is 280 g/mol. The topological polar surface area (TPSA) is 52.6 Å². The number of carbonyl (C=O) groups is 2. The second-order valence-corrected chi connectivity index (χ2v) is 6.41. The third-order valence-electron chi connectivity index (χ3n) is 4.23. The van der Waals surface area contributed by atoms with E-state index in [0.29, 0.717) is 19.3 Å². The number of esters is 2. The summed E-state index contributed by atoms with van der Waals surface area (Å²) in [5.41, 5.74) is 0. The van der Waals surface area contributed by atoms with Crippen molar-refractivity contribution >= 4 is 11.9 Å². The number of cyclic esters (lactones) is 1. The summed E-state index contributed by atoms with van der Waals surface area (Å²) in [6.45, 7) is 3.61. The summed E-state index contributed by atoms with van der Waals surface area (Å²) < 4.78 is 10.9. The van der Waals surface area contributed by atoms with E-state index in [1.54, 1.807) is 0 Å². The molecule has 1 aliphatic heterocycles. The standard InChI is InChI=1S/C18H32O4/c1-3-4-5-6-7-8-9-11-14-18(21-16(2)19)15-12-10-13-17(20)22-18/h3-15H2,1-2H3. The molecule has 1 unspecified atom stereocenters. The van der Waals surface area contributed by atoms with Crippen LogP contribution in [0.3, 0.4) is 0 Å². The van der Waals surface area contributed by atoms with Gasteiger partial charge in [-0.05, 0) is 19.3 Å². The highest BCUT2D eigenvalue weighted by Gasteiger charge is 2.38. The predicted molar refractivity (Wildman–Crippen MR) is 86.3 cm³/mol. The number of ether oxygens (including phenoxy) is 2. The van der Waals surface area contributed by atoms with Crippen LogP contribution in [-0.4, -0.2) is 17.7 Å². The fourth-order valence-electron chi connectivity index (χ4n) is 3.06. The normalized spacial score (nSPS) is 22.0. The maximum atomic E-state index is 11.7. The van der Waals surface area contributed by atoms with Crippen molar-refractivity contribution < 1.29 is 19.1 Å². The van der Waals surface area contributed by atoms with Gasteiger partial charge in [0.05, 0.1) is 0 Å². The predicted octanol–water partition coefficient (Wildman–Crippen LogP) is 4.89. The SMILES string of the molecule is CCCCCCCCCCC1(OC(C)=O)CCCCC(=O)O1. The fourth-order valence-corrected chi connectivity index (χ4v) is 3.06. The van der Waals surface area contributed by atoms with Gasteiger partial charge in [0.15, 0.2) is 0 Å². The summed E-state index contributed by atoms with van der Waals surface area (Å²) >= 11 is 0. The number of unbranched alkanes of at least 4 members (excludes halogenated alkanes) is 7. The second-order valence-electron chi connectivity index (χ2n) is 6.41. The number of carbonyl (C=O) groups excluding carboxylic acids is 2. The van der Waals surface area contributed by atoms with Gasteiger partial charge in [-0.2, -0.15) is 0 Å². The monoisotopic (exact) mass is 312 g/mol. The Morgan fingerprint density at radius 1 is 1.09 bits per heavy atom. The highest BCUT2D eigenvalue weighted by Crippen LogP contribution is 2.31. The number of hydrogen-bond acceptors (Lipinski definition) is 4. The Kier molecular flexibility index (Phi) is 9.17. The van der Waals surface area contributed by atoms with Crippen LogP contribution in [0.15, 0.2) is 0 Å². The molecule has 0 spiro atoms. The molecule has 0 aromatic carbocycles. The lowest BCUT2D eigenvalue weighted by Crippen LogP contribution is -2.38. The Morgan fingerprint density at radius 3 is 2.36 bits per heavy atom. The summed E-state index contributed by atoms with van der Waals surface area (Å²) in [7, 11) is 0. The van der Waals surface area contributed by atoms with Crippen LogP contribution in [-0.2, 0) is 19.1 Å². The summed E-state index contributed by atoms with van der Waals surface area (Å²) in [4.78, 5) is 23.1. The molecule has 0 aliphatic carbocycles. The van der Waals surface area contributed by atoms with Crippen LogP contribution in [0.4, 0.5) is 0 Å². The van der Waals surface area contributed by atoms with E-state index in [0.717, 1.165) is 25.7 Å². The molecule has 0 aromatic heterocycles. The van der Waals surface area contributed by atoms with E-state index in [1.165, 1.54) is 45.4 Å². The van der Waals surface area contributed by atoms with Gasteiger partial charge in [-0.15, -0.1) is 0 Å². The van der Waals surface area contributed by atoms with Gasteiger partial charge in [-0.25, -0.2) is 0 Å². The molecule has 128 valence electrons. The molecule has 1 saturated heterocycles. The highest BCUT2D eigenvalue weighted by atomic mass is 16.7. The minimum atomic E-state index is -0.998. The molecule has 0 saturated carbocycles. The minimum Gasteiger partial charge on any atom is -0.423 e. The van der Waals surface area contributed by atoms with Gasteiger partial charge in [0, 0.05) is 26.2 Å². The molecule has 0 amide bonds. The lowest BCUT2D eigenvalue weighted by Gasteiger charge is -2.31. The molecule has 1 rings (SSSR count). The molecular formula is C18H32O4. The smallest absolute Gasteiger partial charge is 0.309 e. The zero-order valence-electron chi connectivity index (χ0n) is 14.3. The van der Waals surface area contributed by atoms with Crippen LogP contribution < -0.4 is 0 Å². The van der Waals surface area contributed by atoms with Gasteiger partial charge in [-0.3, -0.25) is 9.59 Å². The van der Waals surface area contributed by atoms with Gasteiger partial charge in [0.25, 0.3) is 5.79 Å². The quantitative estimate of drug-likeness (QED) is 0.425. The maximum Gasteiger partial charge on any atom is 0.309 e. The maximum absolute atomic E-state index is 11.7. The third-order valence-corrected chi connectivity index (χ3v) is 4.23. The first kappa shape index (κ1) is 19.0. The molecule has 1 heterocycles. The van der Waals surface area contributed by atoms with Crippen LogP contribution in [0.5, 0.6) is 0 Å². The van der Waals surface area contributed by atoms with Gasteiger partial charge >= 0.3 is 11.9 Å². The minimum absolute atomic E-state index is 0.238. The molecule has 0 bridgehead atoms. The van der Waals surface area contributed by atoms with Crippen LogP contribution in [0.25, 0.3) is 0 Å². The van der Waals surface area contributed by atoms with Gasteiger partial charge in [0.1, 0.15) is 0 Å². The van der Waals surface area contributed by atoms with Crippen LogP contribution in [0, 0.1) is 0 Å². The molecule has 4 heteroatoms. The van der Waals surface area contributed by atoms with E-state index in [2.05, 4.69) is 6.92 Å². The van der Waals surface area contributed by atoms with E-state index in [4.69, 9.17) is 9.47 Å². The summed E-state index contributed by atoms with van der Waals surface area (Å²) in [5, 5.41) is 0. The van der Waals surface area contributed by atoms with Gasteiger partial charge < -0.3 is 9.47 Å². The van der Waals surface area contributed by atoms with Crippen molar-refractivity contribution in [2.45, 2.75) is 103 Å². The Hall–Kier alpha value is -1.06. The van der Waals surface area contributed by atoms with E-state index < -0.39 is 5.79 Å². The first-order valence-corrected chi connectivity index (χ1v) is 8.99. The Labute approximate surface area is 134 Å². The van der Waals surface area contributed by atoms with Crippen molar-refractivity contribution in [1.29, 1.82) is 0 Å². The van der Waals surface area contributed by atoms with Gasteiger partial charge in [-0.1, -0.05) is 51.9 Å². The molecule has 0 radical (unpaired) electrons.